The van der Waals surface area contributed by atoms with Gasteiger partial charge in [-0.25, -0.2) is 0 Å². The number of hydrogen-bond donors (Lipinski definition) is 2. The first kappa shape index (κ1) is 16.2. The predicted molar refractivity (Wildman–Crippen MR) is 86.5 cm³/mol. The number of nitrogens with zero attached hydrogens (tertiary/aromatic N) is 1. The summed E-state index contributed by atoms with van der Waals surface area (Å²) in [4.78, 5) is 23.8. The minimum absolute atomic E-state index is 0.331. The van der Waals surface area contributed by atoms with E-state index in [0.29, 0.717) is 17.5 Å². The summed E-state index contributed by atoms with van der Waals surface area (Å²) in [5.41, 5.74) is 8.26. The molecule has 0 unspecified atom stereocenters. The number of hydrogen-bond acceptors (Lipinski definition) is 3. The molecule has 23 heavy (non-hydrogen) atoms. The summed E-state index contributed by atoms with van der Waals surface area (Å²) in [6, 6.07) is 15.1. The van der Waals surface area contributed by atoms with Gasteiger partial charge in [0.05, 0.1) is 11.6 Å². The van der Waals surface area contributed by atoms with Crippen LogP contribution in [0.4, 0.5) is 0 Å². The number of aryl methyl sites for hydroxylation is 1. The highest BCUT2D eigenvalue weighted by molar-refractivity contribution is 5.97. The Morgan fingerprint density at radius 3 is 2.26 bits per heavy atom. The van der Waals surface area contributed by atoms with Crippen molar-refractivity contribution < 1.29 is 9.59 Å². The lowest BCUT2D eigenvalue weighted by atomic mass is 10.0. The fraction of sp³-hybridized carbons (Fsp3) is 0.167. The number of carbonyl (C=O) groups is 2. The Kier molecular flexibility index (Phi) is 5.11. The van der Waals surface area contributed by atoms with Gasteiger partial charge in [0, 0.05) is 12.0 Å². The monoisotopic (exact) mass is 307 g/mol. The first-order chi connectivity index (χ1) is 11.0. The van der Waals surface area contributed by atoms with Crippen molar-refractivity contribution in [2.75, 3.05) is 0 Å². The maximum absolute atomic E-state index is 12.2. The van der Waals surface area contributed by atoms with Crippen LogP contribution >= 0.6 is 0 Å². The van der Waals surface area contributed by atoms with Crippen LogP contribution in [0, 0.1) is 18.3 Å². The maximum atomic E-state index is 12.2. The Morgan fingerprint density at radius 1 is 1.13 bits per heavy atom. The Balaban J connectivity index is 2.09. The van der Waals surface area contributed by atoms with Crippen LogP contribution in [-0.2, 0) is 11.2 Å². The highest BCUT2D eigenvalue weighted by Gasteiger charge is 2.19. The number of rotatable bonds is 5. The first-order valence-electron chi connectivity index (χ1n) is 7.15. The van der Waals surface area contributed by atoms with Gasteiger partial charge in [-0.1, -0.05) is 29.8 Å². The molecule has 5 heteroatoms. The molecule has 116 valence electrons. The lowest BCUT2D eigenvalue weighted by molar-refractivity contribution is -0.119. The lowest BCUT2D eigenvalue weighted by Crippen LogP contribution is -2.45. The van der Waals surface area contributed by atoms with Crippen molar-refractivity contribution in [3.63, 3.8) is 0 Å². The molecule has 2 amide bonds. The van der Waals surface area contributed by atoms with E-state index in [1.807, 2.05) is 37.3 Å². The fourth-order valence-corrected chi connectivity index (χ4v) is 2.12. The molecule has 0 aromatic heterocycles. The van der Waals surface area contributed by atoms with Crippen molar-refractivity contribution >= 4 is 11.8 Å². The predicted octanol–water partition coefficient (Wildman–Crippen LogP) is 1.69. The summed E-state index contributed by atoms with van der Waals surface area (Å²) in [6.07, 6.45) is 0.331. The number of primary amides is 1. The zero-order valence-electron chi connectivity index (χ0n) is 12.7. The summed E-state index contributed by atoms with van der Waals surface area (Å²) in [5.74, 6) is -0.988. The highest BCUT2D eigenvalue weighted by Crippen LogP contribution is 2.08. The Hall–Kier alpha value is -3.13. The molecular weight excluding hydrogens is 290 g/mol. The van der Waals surface area contributed by atoms with Gasteiger partial charge in [-0.15, -0.1) is 0 Å². The summed E-state index contributed by atoms with van der Waals surface area (Å²) >= 11 is 0. The van der Waals surface area contributed by atoms with Gasteiger partial charge in [0.2, 0.25) is 5.91 Å². The zero-order valence-corrected chi connectivity index (χ0v) is 12.7. The molecular formula is C18H17N3O2. The number of nitrogens with two attached hydrogens (primary N) is 1. The van der Waals surface area contributed by atoms with E-state index in [-0.39, 0.29) is 0 Å². The van der Waals surface area contributed by atoms with Crippen LogP contribution in [0.1, 0.15) is 27.0 Å². The Bertz CT molecular complexity index is 743. The van der Waals surface area contributed by atoms with Crippen molar-refractivity contribution in [2.45, 2.75) is 19.4 Å². The van der Waals surface area contributed by atoms with Crippen molar-refractivity contribution in [3.05, 3.63) is 70.8 Å². The number of nitrogens with one attached hydrogen (secondary N) is 1. The maximum Gasteiger partial charge on any atom is 0.251 e. The van der Waals surface area contributed by atoms with Crippen molar-refractivity contribution in [2.24, 2.45) is 5.73 Å². The second kappa shape index (κ2) is 7.23. The molecule has 0 aliphatic carbocycles. The Morgan fingerprint density at radius 2 is 1.74 bits per heavy atom. The van der Waals surface area contributed by atoms with Crippen LogP contribution < -0.4 is 11.1 Å². The molecule has 0 bridgehead atoms. The normalized spacial score (nSPS) is 11.3. The third-order valence-corrected chi connectivity index (χ3v) is 3.49. The lowest BCUT2D eigenvalue weighted by Gasteiger charge is -2.16. The molecule has 0 aliphatic heterocycles. The molecule has 2 aromatic carbocycles. The van der Waals surface area contributed by atoms with E-state index in [4.69, 9.17) is 11.0 Å². The van der Waals surface area contributed by atoms with E-state index in [1.54, 1.807) is 12.1 Å². The molecule has 3 N–H and O–H groups in total. The summed E-state index contributed by atoms with van der Waals surface area (Å²) in [5, 5.41) is 11.4. The van der Waals surface area contributed by atoms with Crippen LogP contribution in [0.15, 0.2) is 48.5 Å². The third kappa shape index (κ3) is 4.42. The van der Waals surface area contributed by atoms with E-state index >= 15 is 0 Å². The van der Waals surface area contributed by atoms with E-state index < -0.39 is 17.9 Å². The number of carbonyl (C=O) groups excluding carboxylic acids is 2. The van der Waals surface area contributed by atoms with Crippen LogP contribution in [0.3, 0.4) is 0 Å². The average Bonchev–Trinajstić information content (AvgIpc) is 2.56. The van der Waals surface area contributed by atoms with Crippen LogP contribution in [0.5, 0.6) is 0 Å². The number of nitriles is 1. The number of benzene rings is 2. The van der Waals surface area contributed by atoms with Gasteiger partial charge < -0.3 is 11.1 Å². The van der Waals surface area contributed by atoms with Crippen LogP contribution in [0.2, 0.25) is 0 Å². The molecule has 0 fully saturated rings. The number of amides is 2. The second-order valence-electron chi connectivity index (χ2n) is 5.31. The minimum atomic E-state index is -0.791. The van der Waals surface area contributed by atoms with E-state index in [1.165, 1.54) is 12.1 Å². The van der Waals surface area contributed by atoms with Crippen molar-refractivity contribution in [1.82, 2.24) is 5.32 Å². The smallest absolute Gasteiger partial charge is 0.251 e. The molecule has 2 aromatic rings. The van der Waals surface area contributed by atoms with Crippen molar-refractivity contribution in [1.29, 1.82) is 5.26 Å². The van der Waals surface area contributed by atoms with Gasteiger partial charge >= 0.3 is 0 Å². The molecule has 0 aliphatic rings. The molecule has 5 nitrogen and oxygen atoms in total. The van der Waals surface area contributed by atoms with Crippen molar-refractivity contribution in [3.8, 4) is 6.07 Å². The fourth-order valence-electron chi connectivity index (χ4n) is 2.12. The first-order valence-corrected chi connectivity index (χ1v) is 7.15. The standard InChI is InChI=1S/C18H17N3O2/c1-12-2-4-13(5-3-12)10-16(17(20)22)21-18(23)15-8-6-14(11-19)7-9-15/h2-9,16H,10H2,1H3,(H2,20,22)(H,21,23)/t16-/m1/s1. The minimum Gasteiger partial charge on any atom is -0.368 e. The molecule has 0 saturated carbocycles. The van der Waals surface area contributed by atoms with Crippen LogP contribution in [0.25, 0.3) is 0 Å². The van der Waals surface area contributed by atoms with Gasteiger partial charge in [0.15, 0.2) is 0 Å². The van der Waals surface area contributed by atoms with Gasteiger partial charge in [0.25, 0.3) is 5.91 Å². The molecule has 2 rings (SSSR count). The summed E-state index contributed by atoms with van der Waals surface area (Å²) in [6.45, 7) is 1.97. The van der Waals surface area contributed by atoms with Gasteiger partial charge in [-0.2, -0.15) is 5.26 Å². The zero-order chi connectivity index (χ0) is 16.8. The quantitative estimate of drug-likeness (QED) is 0.879. The molecule has 0 saturated heterocycles. The molecule has 0 radical (unpaired) electrons. The Labute approximate surface area is 134 Å². The SMILES string of the molecule is Cc1ccc(C[C@@H](NC(=O)c2ccc(C#N)cc2)C(N)=O)cc1. The third-order valence-electron chi connectivity index (χ3n) is 3.49. The van der Waals surface area contributed by atoms with E-state index in [0.717, 1.165) is 11.1 Å². The molecule has 1 atom stereocenters. The largest absolute Gasteiger partial charge is 0.368 e. The summed E-state index contributed by atoms with van der Waals surface area (Å²) in [7, 11) is 0. The van der Waals surface area contributed by atoms with Crippen LogP contribution in [-0.4, -0.2) is 17.9 Å². The molecule has 0 spiro atoms. The molecule has 0 heterocycles. The highest BCUT2D eigenvalue weighted by atomic mass is 16.2. The van der Waals surface area contributed by atoms with Gasteiger partial charge in [-0.05, 0) is 36.8 Å². The van der Waals surface area contributed by atoms with Gasteiger partial charge in [0.1, 0.15) is 6.04 Å². The average molecular weight is 307 g/mol. The summed E-state index contributed by atoms with van der Waals surface area (Å²) < 4.78 is 0. The topological polar surface area (TPSA) is 96.0 Å². The second-order valence-corrected chi connectivity index (χ2v) is 5.31. The van der Waals surface area contributed by atoms with E-state index in [2.05, 4.69) is 5.32 Å². The van der Waals surface area contributed by atoms with E-state index in [9.17, 15) is 9.59 Å². The van der Waals surface area contributed by atoms with Gasteiger partial charge in [-0.3, -0.25) is 9.59 Å².